The molecule has 108 valence electrons. The van der Waals surface area contributed by atoms with Gasteiger partial charge in [-0.05, 0) is 25.3 Å². The van der Waals surface area contributed by atoms with Gasteiger partial charge < -0.3 is 15.3 Å². The van der Waals surface area contributed by atoms with Crippen LogP contribution in [-0.2, 0) is 4.79 Å². The molecule has 1 aliphatic rings. The summed E-state index contributed by atoms with van der Waals surface area (Å²) in [6.45, 7) is 1.34. The van der Waals surface area contributed by atoms with Gasteiger partial charge in [0.15, 0.2) is 11.6 Å². The number of likely N-dealkylation sites (tertiary alicyclic amines) is 1. The van der Waals surface area contributed by atoms with Gasteiger partial charge in [-0.3, -0.25) is 4.79 Å². The molecule has 6 nitrogen and oxygen atoms in total. The van der Waals surface area contributed by atoms with Crippen molar-refractivity contribution in [2.75, 3.05) is 25.0 Å². The average molecular weight is 281 g/mol. The zero-order valence-electron chi connectivity index (χ0n) is 10.9. The number of carbonyl (C=O) groups excluding carboxylic acids is 1. The van der Waals surface area contributed by atoms with Crippen LogP contribution in [0.25, 0.3) is 0 Å². The molecule has 2 heterocycles. The highest BCUT2D eigenvalue weighted by Gasteiger charge is 2.18. The largest absolute Gasteiger partial charge is 0.478 e. The molecule has 0 atom stereocenters. The summed E-state index contributed by atoms with van der Waals surface area (Å²) in [5.74, 6) is -2.66. The van der Waals surface area contributed by atoms with Crippen molar-refractivity contribution in [1.29, 1.82) is 0 Å². The minimum atomic E-state index is -1.37. The Balaban J connectivity index is 1.98. The van der Waals surface area contributed by atoms with Crippen LogP contribution in [0.2, 0.25) is 0 Å². The van der Waals surface area contributed by atoms with Crippen LogP contribution in [0.3, 0.4) is 0 Å². The molecule has 1 amide bonds. The molecule has 0 bridgehead atoms. The molecule has 7 heteroatoms. The summed E-state index contributed by atoms with van der Waals surface area (Å²) in [4.78, 5) is 28.1. The maximum absolute atomic E-state index is 13.8. The van der Waals surface area contributed by atoms with Gasteiger partial charge in [-0.2, -0.15) is 0 Å². The van der Waals surface area contributed by atoms with E-state index in [0.717, 1.165) is 25.3 Å². The molecule has 0 radical (unpaired) electrons. The molecular formula is C13H16FN3O3. The molecule has 0 saturated carbocycles. The number of hydrogen-bond donors (Lipinski definition) is 2. The van der Waals surface area contributed by atoms with Crippen molar-refractivity contribution < 1.29 is 19.1 Å². The molecule has 1 aromatic rings. The third kappa shape index (κ3) is 3.23. The number of aromatic nitrogens is 1. The number of hydrogen-bond acceptors (Lipinski definition) is 4. The Morgan fingerprint density at radius 3 is 2.70 bits per heavy atom. The lowest BCUT2D eigenvalue weighted by atomic mass is 10.1. The number of carboxylic acid groups (broad SMARTS) is 1. The fourth-order valence-electron chi connectivity index (χ4n) is 2.15. The van der Waals surface area contributed by atoms with E-state index in [4.69, 9.17) is 5.11 Å². The van der Waals surface area contributed by atoms with Crippen molar-refractivity contribution in [3.63, 3.8) is 0 Å². The summed E-state index contributed by atoms with van der Waals surface area (Å²) in [5, 5.41) is 11.4. The van der Waals surface area contributed by atoms with Crippen LogP contribution in [0.4, 0.5) is 10.2 Å². The summed E-state index contributed by atoms with van der Waals surface area (Å²) < 4.78 is 13.8. The van der Waals surface area contributed by atoms with Crippen LogP contribution < -0.4 is 5.32 Å². The third-order valence-corrected chi connectivity index (χ3v) is 3.24. The Morgan fingerprint density at radius 2 is 2.05 bits per heavy atom. The number of carbonyl (C=O) groups is 2. The van der Waals surface area contributed by atoms with Crippen molar-refractivity contribution in [2.24, 2.45) is 0 Å². The van der Waals surface area contributed by atoms with Gasteiger partial charge in [-0.25, -0.2) is 14.2 Å². The molecule has 0 spiro atoms. The summed E-state index contributed by atoms with van der Waals surface area (Å²) in [6, 6.07) is 1.08. The standard InChI is InChI=1S/C13H16FN3O3/c14-11-9(13(19)20)4-5-15-12(11)16-8-10(18)17-6-2-1-3-7-17/h4-5H,1-3,6-8H2,(H,15,16)(H,19,20). The first-order chi connectivity index (χ1) is 9.59. The number of pyridine rings is 1. The van der Waals surface area contributed by atoms with Gasteiger partial charge in [0.2, 0.25) is 5.91 Å². The maximum Gasteiger partial charge on any atom is 0.338 e. The van der Waals surface area contributed by atoms with Gasteiger partial charge in [0.1, 0.15) is 5.56 Å². The maximum atomic E-state index is 13.8. The van der Waals surface area contributed by atoms with E-state index in [0.29, 0.717) is 13.1 Å². The smallest absolute Gasteiger partial charge is 0.338 e. The Labute approximate surface area is 115 Å². The molecule has 0 unspecified atom stereocenters. The fourth-order valence-corrected chi connectivity index (χ4v) is 2.15. The minimum absolute atomic E-state index is 0.0903. The van der Waals surface area contributed by atoms with Crippen LogP contribution in [0.5, 0.6) is 0 Å². The van der Waals surface area contributed by atoms with Crippen LogP contribution in [-0.4, -0.2) is 46.5 Å². The number of carboxylic acids is 1. The lowest BCUT2D eigenvalue weighted by Gasteiger charge is -2.26. The van der Waals surface area contributed by atoms with Gasteiger partial charge >= 0.3 is 5.97 Å². The van der Waals surface area contributed by atoms with Crippen LogP contribution in [0.1, 0.15) is 29.6 Å². The highest BCUT2D eigenvalue weighted by molar-refractivity contribution is 5.89. The van der Waals surface area contributed by atoms with E-state index in [-0.39, 0.29) is 18.3 Å². The molecule has 2 rings (SSSR count). The van der Waals surface area contributed by atoms with E-state index in [2.05, 4.69) is 10.3 Å². The predicted molar refractivity (Wildman–Crippen MR) is 70.1 cm³/mol. The second-order valence-electron chi connectivity index (χ2n) is 4.62. The zero-order valence-corrected chi connectivity index (χ0v) is 10.9. The number of nitrogens with zero attached hydrogens (tertiary/aromatic N) is 2. The number of rotatable bonds is 4. The SMILES string of the molecule is O=C(O)c1ccnc(NCC(=O)N2CCCCC2)c1F. The van der Waals surface area contributed by atoms with E-state index in [1.807, 2.05) is 0 Å². The number of aromatic carboxylic acids is 1. The molecule has 0 aliphatic carbocycles. The van der Waals surface area contributed by atoms with Crippen molar-refractivity contribution >= 4 is 17.7 Å². The molecule has 1 saturated heterocycles. The second-order valence-corrected chi connectivity index (χ2v) is 4.62. The molecule has 1 fully saturated rings. The lowest BCUT2D eigenvalue weighted by Crippen LogP contribution is -2.39. The predicted octanol–water partition coefficient (Wildman–Crippen LogP) is 1.34. The average Bonchev–Trinajstić information content (AvgIpc) is 2.46. The first kappa shape index (κ1) is 14.2. The molecule has 1 aliphatic heterocycles. The van der Waals surface area contributed by atoms with Crippen molar-refractivity contribution in [2.45, 2.75) is 19.3 Å². The van der Waals surface area contributed by atoms with Crippen LogP contribution in [0, 0.1) is 5.82 Å². The monoisotopic (exact) mass is 281 g/mol. The van der Waals surface area contributed by atoms with Gasteiger partial charge in [-0.1, -0.05) is 0 Å². The molecule has 2 N–H and O–H groups in total. The summed E-state index contributed by atoms with van der Waals surface area (Å²) in [5.41, 5.74) is -0.465. The van der Waals surface area contributed by atoms with E-state index < -0.39 is 17.3 Å². The van der Waals surface area contributed by atoms with E-state index in [1.165, 1.54) is 6.20 Å². The number of halogens is 1. The quantitative estimate of drug-likeness (QED) is 0.870. The number of anilines is 1. The zero-order chi connectivity index (χ0) is 14.5. The van der Waals surface area contributed by atoms with E-state index in [9.17, 15) is 14.0 Å². The van der Waals surface area contributed by atoms with Crippen molar-refractivity contribution in [3.05, 3.63) is 23.6 Å². The van der Waals surface area contributed by atoms with Crippen LogP contribution >= 0.6 is 0 Å². The summed E-state index contributed by atoms with van der Waals surface area (Å²) in [6.07, 6.45) is 4.27. The third-order valence-electron chi connectivity index (χ3n) is 3.24. The van der Waals surface area contributed by atoms with Gasteiger partial charge in [-0.15, -0.1) is 0 Å². The first-order valence-corrected chi connectivity index (χ1v) is 6.49. The van der Waals surface area contributed by atoms with E-state index in [1.54, 1.807) is 4.90 Å². The van der Waals surface area contributed by atoms with Gasteiger partial charge in [0, 0.05) is 19.3 Å². The molecule has 1 aromatic heterocycles. The number of piperidine rings is 1. The Hall–Kier alpha value is -2.18. The first-order valence-electron chi connectivity index (χ1n) is 6.49. The second kappa shape index (κ2) is 6.31. The number of nitrogens with one attached hydrogen (secondary N) is 1. The van der Waals surface area contributed by atoms with Crippen LogP contribution in [0.15, 0.2) is 12.3 Å². The fraction of sp³-hybridized carbons (Fsp3) is 0.462. The normalized spacial score (nSPS) is 14.9. The van der Waals surface area contributed by atoms with Crippen molar-refractivity contribution in [1.82, 2.24) is 9.88 Å². The topological polar surface area (TPSA) is 82.5 Å². The number of amides is 1. The Bertz CT molecular complexity index is 516. The van der Waals surface area contributed by atoms with Crippen molar-refractivity contribution in [3.8, 4) is 0 Å². The molecule has 0 aromatic carbocycles. The van der Waals surface area contributed by atoms with Gasteiger partial charge in [0.05, 0.1) is 6.54 Å². The Kier molecular flexibility index (Phi) is 4.49. The lowest BCUT2D eigenvalue weighted by molar-refractivity contribution is -0.130. The highest BCUT2D eigenvalue weighted by atomic mass is 19.1. The Morgan fingerprint density at radius 1 is 1.35 bits per heavy atom. The summed E-state index contributed by atoms with van der Waals surface area (Å²) >= 11 is 0. The molecular weight excluding hydrogens is 265 g/mol. The molecule has 20 heavy (non-hydrogen) atoms. The highest BCUT2D eigenvalue weighted by Crippen LogP contribution is 2.15. The minimum Gasteiger partial charge on any atom is -0.478 e. The van der Waals surface area contributed by atoms with E-state index >= 15 is 0 Å². The van der Waals surface area contributed by atoms with Gasteiger partial charge in [0.25, 0.3) is 0 Å². The summed E-state index contributed by atoms with van der Waals surface area (Å²) in [7, 11) is 0.